The number of hydrogen-bond donors (Lipinski definition) is 1. The number of nitrogens with zero attached hydrogens (tertiary/aromatic N) is 1. The summed E-state index contributed by atoms with van der Waals surface area (Å²) in [6.07, 6.45) is 9.21. The molecule has 1 N–H and O–H groups in total. The average Bonchev–Trinajstić information content (AvgIpc) is 2.58. The highest BCUT2D eigenvalue weighted by Gasteiger charge is 2.21. The molecule has 112 valence electrons. The lowest BCUT2D eigenvalue weighted by atomic mass is 9.96. The van der Waals surface area contributed by atoms with Crippen LogP contribution in [0.25, 0.3) is 0 Å². The van der Waals surface area contributed by atoms with Crippen molar-refractivity contribution in [2.45, 2.75) is 71.3 Å². The van der Waals surface area contributed by atoms with Crippen molar-refractivity contribution in [3.63, 3.8) is 0 Å². The summed E-state index contributed by atoms with van der Waals surface area (Å²) in [5, 5.41) is 3.26. The van der Waals surface area contributed by atoms with Crippen molar-refractivity contribution < 1.29 is 4.79 Å². The molecule has 0 aromatic carbocycles. The number of rotatable bonds is 8. The summed E-state index contributed by atoms with van der Waals surface area (Å²) in [7, 11) is 2.01. The van der Waals surface area contributed by atoms with Crippen molar-refractivity contribution >= 4 is 5.91 Å². The number of carbonyl (C=O) groups excluding carboxylic acids is 1. The van der Waals surface area contributed by atoms with Gasteiger partial charge >= 0.3 is 0 Å². The normalized spacial score (nSPS) is 22.4. The highest BCUT2D eigenvalue weighted by Crippen LogP contribution is 2.22. The predicted molar refractivity (Wildman–Crippen MR) is 81.2 cm³/mol. The summed E-state index contributed by atoms with van der Waals surface area (Å²) in [6.45, 7) is 6.42. The molecule has 0 bridgehead atoms. The lowest BCUT2D eigenvalue weighted by Crippen LogP contribution is -2.31. The van der Waals surface area contributed by atoms with Gasteiger partial charge in [-0.1, -0.05) is 26.2 Å². The highest BCUT2D eigenvalue weighted by molar-refractivity contribution is 5.76. The summed E-state index contributed by atoms with van der Waals surface area (Å²) in [5.74, 6) is 1.17. The van der Waals surface area contributed by atoms with E-state index >= 15 is 0 Å². The van der Waals surface area contributed by atoms with Gasteiger partial charge in [0.05, 0.1) is 0 Å². The molecule has 0 aliphatic carbocycles. The lowest BCUT2D eigenvalue weighted by molar-refractivity contribution is -0.130. The molecule has 3 heteroatoms. The summed E-state index contributed by atoms with van der Waals surface area (Å²) in [4.78, 5) is 14.2. The summed E-state index contributed by atoms with van der Waals surface area (Å²) >= 11 is 0. The van der Waals surface area contributed by atoms with E-state index in [1.807, 2.05) is 7.05 Å². The lowest BCUT2D eigenvalue weighted by Gasteiger charge is -2.21. The van der Waals surface area contributed by atoms with Crippen LogP contribution in [0.5, 0.6) is 0 Å². The van der Waals surface area contributed by atoms with Crippen LogP contribution in [-0.4, -0.2) is 37.0 Å². The molecule has 2 unspecified atom stereocenters. The number of amides is 1. The molecular weight excluding hydrogens is 236 g/mol. The SMILES string of the molecule is CCCC1CCC(=O)N(CCCCC(C)NC)CC1. The molecule has 1 rings (SSSR count). The molecule has 19 heavy (non-hydrogen) atoms. The van der Waals surface area contributed by atoms with Gasteiger partial charge in [0.1, 0.15) is 0 Å². The van der Waals surface area contributed by atoms with Crippen LogP contribution >= 0.6 is 0 Å². The van der Waals surface area contributed by atoms with E-state index in [-0.39, 0.29) is 0 Å². The fourth-order valence-electron chi connectivity index (χ4n) is 2.92. The first-order valence-corrected chi connectivity index (χ1v) is 8.12. The first kappa shape index (κ1) is 16.5. The molecule has 0 radical (unpaired) electrons. The van der Waals surface area contributed by atoms with Crippen molar-refractivity contribution in [2.75, 3.05) is 20.1 Å². The van der Waals surface area contributed by atoms with Gasteiger partial charge in [0, 0.05) is 25.6 Å². The van der Waals surface area contributed by atoms with E-state index in [0.29, 0.717) is 11.9 Å². The summed E-state index contributed by atoms with van der Waals surface area (Å²) in [6, 6.07) is 0.591. The molecule has 0 aromatic rings. The van der Waals surface area contributed by atoms with Gasteiger partial charge in [0.2, 0.25) is 5.91 Å². The van der Waals surface area contributed by atoms with Crippen molar-refractivity contribution in [2.24, 2.45) is 5.92 Å². The van der Waals surface area contributed by atoms with Crippen LogP contribution in [-0.2, 0) is 4.79 Å². The molecule has 0 spiro atoms. The third-order valence-corrected chi connectivity index (χ3v) is 4.43. The molecular formula is C16H32N2O. The smallest absolute Gasteiger partial charge is 0.222 e. The van der Waals surface area contributed by atoms with Gasteiger partial charge in [-0.15, -0.1) is 0 Å². The standard InChI is InChI=1S/C16H32N2O/c1-4-7-15-9-10-16(19)18(13-11-15)12-6-5-8-14(2)17-3/h14-15,17H,4-13H2,1-3H3. The Morgan fingerprint density at radius 1 is 1.37 bits per heavy atom. The van der Waals surface area contributed by atoms with E-state index < -0.39 is 0 Å². The second kappa shape index (κ2) is 9.35. The predicted octanol–water partition coefficient (Wildman–Crippen LogP) is 3.19. The van der Waals surface area contributed by atoms with Crippen LogP contribution in [0.2, 0.25) is 0 Å². The molecule has 0 saturated carbocycles. The number of carbonyl (C=O) groups is 1. The Morgan fingerprint density at radius 2 is 2.16 bits per heavy atom. The molecule has 1 heterocycles. The van der Waals surface area contributed by atoms with Crippen molar-refractivity contribution in [1.82, 2.24) is 10.2 Å². The molecule has 1 saturated heterocycles. The average molecular weight is 268 g/mol. The third kappa shape index (κ3) is 6.42. The van der Waals surface area contributed by atoms with Crippen LogP contribution in [0, 0.1) is 5.92 Å². The Bertz CT molecular complexity index is 255. The second-order valence-electron chi connectivity index (χ2n) is 6.05. The number of nitrogens with one attached hydrogen (secondary N) is 1. The summed E-state index contributed by atoms with van der Waals surface area (Å²) in [5.41, 5.74) is 0. The maximum atomic E-state index is 12.1. The summed E-state index contributed by atoms with van der Waals surface area (Å²) < 4.78 is 0. The van der Waals surface area contributed by atoms with Crippen molar-refractivity contribution in [3.05, 3.63) is 0 Å². The Labute approximate surface area is 119 Å². The Kier molecular flexibility index (Phi) is 8.11. The Morgan fingerprint density at radius 3 is 2.84 bits per heavy atom. The number of hydrogen-bond acceptors (Lipinski definition) is 2. The molecule has 0 aromatic heterocycles. The monoisotopic (exact) mass is 268 g/mol. The Hall–Kier alpha value is -0.570. The topological polar surface area (TPSA) is 32.3 Å². The van der Waals surface area contributed by atoms with Gasteiger partial charge < -0.3 is 10.2 Å². The fraction of sp³-hybridized carbons (Fsp3) is 0.938. The van der Waals surface area contributed by atoms with Crippen molar-refractivity contribution in [1.29, 1.82) is 0 Å². The van der Waals surface area contributed by atoms with Gasteiger partial charge in [-0.25, -0.2) is 0 Å². The number of likely N-dealkylation sites (tertiary alicyclic amines) is 1. The van der Waals surface area contributed by atoms with E-state index in [2.05, 4.69) is 24.1 Å². The highest BCUT2D eigenvalue weighted by atomic mass is 16.2. The zero-order chi connectivity index (χ0) is 14.1. The van der Waals surface area contributed by atoms with E-state index in [1.165, 1.54) is 32.1 Å². The molecule has 1 fully saturated rings. The minimum absolute atomic E-state index is 0.389. The largest absolute Gasteiger partial charge is 0.343 e. The van der Waals surface area contributed by atoms with Crippen LogP contribution in [0.3, 0.4) is 0 Å². The second-order valence-corrected chi connectivity index (χ2v) is 6.05. The molecule has 1 aliphatic heterocycles. The zero-order valence-corrected chi connectivity index (χ0v) is 13.1. The quantitative estimate of drug-likeness (QED) is 0.686. The minimum atomic E-state index is 0.389. The van der Waals surface area contributed by atoms with Crippen LogP contribution in [0.1, 0.15) is 65.2 Å². The van der Waals surface area contributed by atoms with Gasteiger partial charge in [-0.3, -0.25) is 4.79 Å². The van der Waals surface area contributed by atoms with E-state index in [9.17, 15) is 4.79 Å². The van der Waals surface area contributed by atoms with Crippen LogP contribution < -0.4 is 5.32 Å². The van der Waals surface area contributed by atoms with Crippen LogP contribution in [0.15, 0.2) is 0 Å². The maximum absolute atomic E-state index is 12.1. The van der Waals surface area contributed by atoms with E-state index in [0.717, 1.165) is 38.3 Å². The number of unbranched alkanes of at least 4 members (excludes halogenated alkanes) is 1. The van der Waals surface area contributed by atoms with Gasteiger partial charge in [0.15, 0.2) is 0 Å². The zero-order valence-electron chi connectivity index (χ0n) is 13.1. The molecule has 1 amide bonds. The fourth-order valence-corrected chi connectivity index (χ4v) is 2.92. The van der Waals surface area contributed by atoms with Crippen molar-refractivity contribution in [3.8, 4) is 0 Å². The first-order chi connectivity index (χ1) is 9.17. The van der Waals surface area contributed by atoms with Crippen LogP contribution in [0.4, 0.5) is 0 Å². The van der Waals surface area contributed by atoms with E-state index in [4.69, 9.17) is 0 Å². The van der Waals surface area contributed by atoms with Gasteiger partial charge in [-0.05, 0) is 45.6 Å². The Balaban J connectivity index is 2.23. The molecule has 1 aliphatic rings. The third-order valence-electron chi connectivity index (χ3n) is 4.43. The first-order valence-electron chi connectivity index (χ1n) is 8.12. The minimum Gasteiger partial charge on any atom is -0.343 e. The van der Waals surface area contributed by atoms with Gasteiger partial charge in [-0.2, -0.15) is 0 Å². The molecule has 2 atom stereocenters. The maximum Gasteiger partial charge on any atom is 0.222 e. The van der Waals surface area contributed by atoms with Gasteiger partial charge in [0.25, 0.3) is 0 Å². The van der Waals surface area contributed by atoms with E-state index in [1.54, 1.807) is 0 Å². The molecule has 3 nitrogen and oxygen atoms in total.